The van der Waals surface area contributed by atoms with Gasteiger partial charge in [0.1, 0.15) is 17.1 Å². The Morgan fingerprint density at radius 1 is 1.08 bits per heavy atom. The van der Waals surface area contributed by atoms with E-state index in [2.05, 4.69) is 0 Å². The van der Waals surface area contributed by atoms with E-state index in [4.69, 9.17) is 9.15 Å². The molecule has 1 atom stereocenters. The summed E-state index contributed by atoms with van der Waals surface area (Å²) in [5.41, 5.74) is 1.29. The fraction of sp³-hybridized carbons (Fsp3) is 0.393. The molecule has 3 heterocycles. The number of carbonyl (C=O) groups excluding carboxylic acids is 2. The molecular weight excluding hydrogens is 458 g/mol. The molecule has 0 unspecified atom stereocenters. The fourth-order valence-electron chi connectivity index (χ4n) is 5.23. The zero-order chi connectivity index (χ0) is 25.4. The molecule has 8 heteroatoms. The molecule has 0 radical (unpaired) electrons. The van der Waals surface area contributed by atoms with E-state index in [0.717, 1.165) is 18.4 Å². The zero-order valence-corrected chi connectivity index (χ0v) is 20.9. The minimum Gasteiger partial charge on any atom is -0.496 e. The summed E-state index contributed by atoms with van der Waals surface area (Å²) in [6.07, 6.45) is 3.61. The number of methoxy groups -OCH3 is 1. The Kier molecular flexibility index (Phi) is 6.20. The van der Waals surface area contributed by atoms with Crippen LogP contribution in [0.3, 0.4) is 0 Å². The van der Waals surface area contributed by atoms with Gasteiger partial charge in [-0.15, -0.1) is 0 Å². The third-order valence-corrected chi connectivity index (χ3v) is 7.66. The van der Waals surface area contributed by atoms with Crippen molar-refractivity contribution in [1.29, 1.82) is 0 Å². The van der Waals surface area contributed by atoms with Crippen molar-refractivity contribution >= 4 is 11.8 Å². The molecule has 36 heavy (non-hydrogen) atoms. The van der Waals surface area contributed by atoms with Gasteiger partial charge >= 0.3 is 0 Å². The molecule has 1 fully saturated rings. The second kappa shape index (κ2) is 9.33. The normalized spacial score (nSPS) is 17.0. The second-order valence-electron chi connectivity index (χ2n) is 9.62. The van der Waals surface area contributed by atoms with Crippen LogP contribution >= 0.6 is 0 Å². The molecule has 1 saturated carbocycles. The summed E-state index contributed by atoms with van der Waals surface area (Å²) >= 11 is 0. The molecule has 2 aliphatic rings. The number of hydrogen-bond donors (Lipinski definition) is 0. The summed E-state index contributed by atoms with van der Waals surface area (Å²) in [4.78, 5) is 43.9. The molecule has 3 aromatic rings. The smallest absolute Gasteiger partial charge is 0.259 e. The maximum absolute atomic E-state index is 13.7. The Morgan fingerprint density at radius 3 is 2.47 bits per heavy atom. The molecule has 0 saturated heterocycles. The van der Waals surface area contributed by atoms with Gasteiger partial charge < -0.3 is 23.5 Å². The van der Waals surface area contributed by atoms with Crippen molar-refractivity contribution in [2.45, 2.75) is 44.2 Å². The van der Waals surface area contributed by atoms with Gasteiger partial charge in [0.25, 0.3) is 11.5 Å². The average Bonchev–Trinajstić information content (AvgIpc) is 3.60. The third-order valence-electron chi connectivity index (χ3n) is 7.66. The summed E-state index contributed by atoms with van der Waals surface area (Å²) in [7, 11) is 3.17. The van der Waals surface area contributed by atoms with Crippen molar-refractivity contribution in [2.75, 3.05) is 27.2 Å². The highest BCUT2D eigenvalue weighted by Crippen LogP contribution is 2.49. The largest absolute Gasteiger partial charge is 0.496 e. The summed E-state index contributed by atoms with van der Waals surface area (Å²) in [5.74, 6) is 0.745. The van der Waals surface area contributed by atoms with Gasteiger partial charge in [0.05, 0.1) is 24.8 Å². The molecule has 2 aromatic heterocycles. The summed E-state index contributed by atoms with van der Waals surface area (Å²) < 4.78 is 12.6. The number of ether oxygens (including phenoxy) is 1. The first-order valence-electron chi connectivity index (χ1n) is 12.3. The predicted molar refractivity (Wildman–Crippen MR) is 134 cm³/mol. The standard InChI is InChI=1S/C28H31N3O5/c1-19(22-10-7-17-36-22)29(2)26(33)25-21-11-14-30(15-16-31(21)24(32)18-23(25)35-3)27(34)28(12-13-28)20-8-5-4-6-9-20/h4-10,17-19H,11-16H2,1-3H3/t19-/m1/s1. The van der Waals surface area contributed by atoms with Gasteiger partial charge in [-0.2, -0.15) is 0 Å². The van der Waals surface area contributed by atoms with Crippen molar-refractivity contribution in [1.82, 2.24) is 14.4 Å². The molecule has 1 aliphatic carbocycles. The lowest BCUT2D eigenvalue weighted by molar-refractivity contribution is -0.134. The first kappa shape index (κ1) is 23.9. The van der Waals surface area contributed by atoms with Crippen LogP contribution in [-0.2, 0) is 23.2 Å². The highest BCUT2D eigenvalue weighted by atomic mass is 16.5. The molecule has 1 aliphatic heterocycles. The van der Waals surface area contributed by atoms with Crippen LogP contribution in [0.15, 0.2) is 64.0 Å². The van der Waals surface area contributed by atoms with Crippen molar-refractivity contribution in [3.05, 3.63) is 87.7 Å². The van der Waals surface area contributed by atoms with Gasteiger partial charge in [-0.1, -0.05) is 30.3 Å². The van der Waals surface area contributed by atoms with Crippen LogP contribution in [0.5, 0.6) is 5.75 Å². The van der Waals surface area contributed by atoms with E-state index >= 15 is 0 Å². The maximum Gasteiger partial charge on any atom is 0.259 e. The Bertz CT molecular complexity index is 1330. The van der Waals surface area contributed by atoms with Gasteiger partial charge in [0, 0.05) is 44.9 Å². The van der Waals surface area contributed by atoms with Crippen LogP contribution in [0, 0.1) is 0 Å². The van der Waals surface area contributed by atoms with Crippen LogP contribution < -0.4 is 10.3 Å². The number of benzene rings is 1. The SMILES string of the molecule is COc1cc(=O)n2c(c1C(=O)N(C)[C@H](C)c1ccco1)CCN(C(=O)C1(c3ccccc3)CC1)CC2. The van der Waals surface area contributed by atoms with Crippen LogP contribution in [0.4, 0.5) is 0 Å². The highest BCUT2D eigenvalue weighted by molar-refractivity contribution is 5.98. The molecule has 0 N–H and O–H groups in total. The molecule has 188 valence electrons. The Morgan fingerprint density at radius 2 is 1.83 bits per heavy atom. The number of nitrogens with zero attached hydrogens (tertiary/aromatic N) is 3. The minimum atomic E-state index is -0.474. The second-order valence-corrected chi connectivity index (χ2v) is 9.62. The third kappa shape index (κ3) is 4.00. The van der Waals surface area contributed by atoms with E-state index in [0.29, 0.717) is 43.1 Å². The lowest BCUT2D eigenvalue weighted by Crippen LogP contribution is -2.41. The summed E-state index contributed by atoms with van der Waals surface area (Å²) in [6, 6.07) is 14.6. The average molecular weight is 490 g/mol. The molecule has 8 nitrogen and oxygen atoms in total. The summed E-state index contributed by atoms with van der Waals surface area (Å²) in [6.45, 7) is 3.05. The Hall–Kier alpha value is -3.81. The van der Waals surface area contributed by atoms with Crippen LogP contribution in [0.1, 0.15) is 53.2 Å². The number of pyridine rings is 1. The number of aromatic nitrogens is 1. The van der Waals surface area contributed by atoms with E-state index < -0.39 is 5.41 Å². The number of rotatable bonds is 6. The lowest BCUT2D eigenvalue weighted by Gasteiger charge is -2.26. The molecule has 1 aromatic carbocycles. The molecule has 5 rings (SSSR count). The van der Waals surface area contributed by atoms with Crippen molar-refractivity contribution in [2.24, 2.45) is 0 Å². The number of furan rings is 1. The van der Waals surface area contributed by atoms with Crippen molar-refractivity contribution in [3.8, 4) is 5.75 Å². The number of amides is 2. The van der Waals surface area contributed by atoms with Gasteiger partial charge in [-0.05, 0) is 37.5 Å². The van der Waals surface area contributed by atoms with E-state index in [-0.39, 0.29) is 29.2 Å². The van der Waals surface area contributed by atoms with E-state index in [1.54, 1.807) is 28.8 Å². The molecule has 2 amide bonds. The summed E-state index contributed by atoms with van der Waals surface area (Å²) in [5, 5.41) is 0. The highest BCUT2D eigenvalue weighted by Gasteiger charge is 2.53. The quantitative estimate of drug-likeness (QED) is 0.530. The van der Waals surface area contributed by atoms with Gasteiger partial charge in [-0.3, -0.25) is 14.4 Å². The maximum atomic E-state index is 13.7. The number of carbonyl (C=O) groups is 2. The number of hydrogen-bond acceptors (Lipinski definition) is 5. The van der Waals surface area contributed by atoms with E-state index in [1.165, 1.54) is 13.2 Å². The first-order valence-corrected chi connectivity index (χ1v) is 12.3. The van der Waals surface area contributed by atoms with E-state index in [9.17, 15) is 14.4 Å². The Labute approximate surface area is 210 Å². The van der Waals surface area contributed by atoms with Gasteiger partial charge in [0.15, 0.2) is 0 Å². The van der Waals surface area contributed by atoms with Crippen LogP contribution in [-0.4, -0.2) is 53.4 Å². The topological polar surface area (TPSA) is 85.0 Å². The van der Waals surface area contributed by atoms with Crippen LogP contribution in [0.2, 0.25) is 0 Å². The van der Waals surface area contributed by atoms with Crippen molar-refractivity contribution in [3.63, 3.8) is 0 Å². The molecular formula is C28H31N3O5. The molecule has 0 spiro atoms. The minimum absolute atomic E-state index is 0.0953. The fourth-order valence-corrected chi connectivity index (χ4v) is 5.23. The molecule has 0 bridgehead atoms. The van der Waals surface area contributed by atoms with Gasteiger partial charge in [0.2, 0.25) is 5.91 Å². The Balaban J connectivity index is 1.45. The lowest BCUT2D eigenvalue weighted by atomic mass is 9.94. The van der Waals surface area contributed by atoms with Gasteiger partial charge in [-0.25, -0.2) is 0 Å². The first-order chi connectivity index (χ1) is 17.4. The number of fused-ring (bicyclic) bond motifs is 1. The van der Waals surface area contributed by atoms with E-state index in [1.807, 2.05) is 48.2 Å². The van der Waals surface area contributed by atoms with Crippen LogP contribution in [0.25, 0.3) is 0 Å². The predicted octanol–water partition coefficient (Wildman–Crippen LogP) is 3.40. The zero-order valence-electron chi connectivity index (χ0n) is 20.9. The van der Waals surface area contributed by atoms with Crippen molar-refractivity contribution < 1.29 is 18.7 Å². The monoisotopic (exact) mass is 489 g/mol.